The molecule has 33 heavy (non-hydrogen) atoms. The molecule has 0 unspecified atom stereocenters. The number of non-ortho nitro benzene ring substituents is 1. The van der Waals surface area contributed by atoms with E-state index >= 15 is 0 Å². The van der Waals surface area contributed by atoms with E-state index in [4.69, 9.17) is 17.3 Å². The molecule has 0 radical (unpaired) electrons. The minimum absolute atomic E-state index is 0.0276. The fourth-order valence-electron chi connectivity index (χ4n) is 2.76. The number of aromatic nitrogens is 5. The van der Waals surface area contributed by atoms with Gasteiger partial charge in [-0.1, -0.05) is 22.9 Å². The first-order valence-corrected chi connectivity index (χ1v) is 9.31. The number of carbonyl (C=O) groups is 1. The maximum absolute atomic E-state index is 13.9. The van der Waals surface area contributed by atoms with Crippen molar-refractivity contribution in [3.63, 3.8) is 0 Å². The maximum Gasteiger partial charge on any atom is 0.294 e. The first-order chi connectivity index (χ1) is 15.9. The molecule has 0 saturated heterocycles. The fourth-order valence-corrected chi connectivity index (χ4v) is 2.98. The molecule has 2 heterocycles. The van der Waals surface area contributed by atoms with Crippen LogP contribution in [-0.4, -0.2) is 42.4 Å². The number of rotatable bonds is 6. The lowest BCUT2D eigenvalue weighted by molar-refractivity contribution is -0.384. The number of anilines is 1. The van der Waals surface area contributed by atoms with Crippen LogP contribution in [0.2, 0.25) is 5.02 Å². The minimum Gasteiger partial charge on any atom is -0.378 e. The average Bonchev–Trinajstić information content (AvgIpc) is 3.41. The Morgan fingerprint density at radius 2 is 2.03 bits per heavy atom. The van der Waals surface area contributed by atoms with Crippen molar-refractivity contribution in [2.75, 3.05) is 5.73 Å². The number of nitrogens with two attached hydrogens (primary N) is 1. The molecule has 13 nitrogen and oxygen atoms in total. The Balaban J connectivity index is 1.71. The predicted molar refractivity (Wildman–Crippen MR) is 112 cm³/mol. The summed E-state index contributed by atoms with van der Waals surface area (Å²) in [6.07, 6.45) is 1.03. The quantitative estimate of drug-likeness (QED) is 0.242. The van der Waals surface area contributed by atoms with Gasteiger partial charge in [0.05, 0.1) is 16.2 Å². The van der Waals surface area contributed by atoms with Crippen molar-refractivity contribution < 1.29 is 18.7 Å². The lowest BCUT2D eigenvalue weighted by Gasteiger charge is -2.06. The number of hydrogen-bond donors (Lipinski definition) is 2. The molecule has 0 bridgehead atoms. The van der Waals surface area contributed by atoms with Gasteiger partial charge in [-0.25, -0.2) is 14.4 Å². The van der Waals surface area contributed by atoms with E-state index in [0.717, 1.165) is 10.9 Å². The molecule has 0 aliphatic carbocycles. The van der Waals surface area contributed by atoms with E-state index in [1.165, 1.54) is 42.5 Å². The summed E-state index contributed by atoms with van der Waals surface area (Å²) >= 11 is 5.93. The van der Waals surface area contributed by atoms with Crippen LogP contribution in [0.4, 0.5) is 15.9 Å². The summed E-state index contributed by atoms with van der Waals surface area (Å²) in [5, 5.41) is 29.6. The molecule has 166 valence electrons. The zero-order valence-electron chi connectivity index (χ0n) is 16.2. The summed E-state index contributed by atoms with van der Waals surface area (Å²) in [7, 11) is 0. The summed E-state index contributed by atoms with van der Waals surface area (Å²) in [5.74, 6) is -1.65. The number of carbonyl (C=O) groups excluding carboxylic acids is 1. The van der Waals surface area contributed by atoms with Crippen molar-refractivity contribution in [1.82, 2.24) is 30.7 Å². The van der Waals surface area contributed by atoms with Gasteiger partial charge in [0, 0.05) is 23.3 Å². The van der Waals surface area contributed by atoms with Crippen LogP contribution in [-0.2, 0) is 0 Å². The van der Waals surface area contributed by atoms with Gasteiger partial charge in [-0.15, -0.1) is 5.10 Å². The third-order valence-corrected chi connectivity index (χ3v) is 4.62. The fraction of sp³-hybridized carbons (Fsp3) is 0. The van der Waals surface area contributed by atoms with Crippen LogP contribution in [0.5, 0.6) is 0 Å². The number of hydrazone groups is 1. The van der Waals surface area contributed by atoms with E-state index in [1.807, 2.05) is 0 Å². The van der Waals surface area contributed by atoms with E-state index in [1.54, 1.807) is 0 Å². The molecule has 15 heteroatoms. The van der Waals surface area contributed by atoms with Crippen LogP contribution >= 0.6 is 11.6 Å². The number of nitro benzene ring substituents is 1. The van der Waals surface area contributed by atoms with Crippen LogP contribution in [0.25, 0.3) is 17.1 Å². The Bertz CT molecular complexity index is 1360. The van der Waals surface area contributed by atoms with Crippen molar-refractivity contribution in [3.05, 3.63) is 74.7 Å². The van der Waals surface area contributed by atoms with E-state index in [0.29, 0.717) is 5.56 Å². The molecule has 4 rings (SSSR count). The zero-order chi connectivity index (χ0) is 23.5. The van der Waals surface area contributed by atoms with Gasteiger partial charge < -0.3 is 5.73 Å². The van der Waals surface area contributed by atoms with E-state index in [-0.39, 0.29) is 39.3 Å². The van der Waals surface area contributed by atoms with Gasteiger partial charge in [0.2, 0.25) is 11.6 Å². The molecule has 0 fully saturated rings. The maximum atomic E-state index is 13.9. The second-order valence-corrected chi connectivity index (χ2v) is 6.72. The highest BCUT2D eigenvalue weighted by atomic mass is 35.5. The Kier molecular flexibility index (Phi) is 5.73. The van der Waals surface area contributed by atoms with Gasteiger partial charge in [-0.3, -0.25) is 14.9 Å². The van der Waals surface area contributed by atoms with E-state index in [2.05, 4.69) is 35.8 Å². The molecule has 1 amide bonds. The van der Waals surface area contributed by atoms with Gasteiger partial charge in [0.1, 0.15) is 11.5 Å². The SMILES string of the molecule is Nc1nonc1-n1nnc(C(=O)N/N=C\c2c(F)cccc2Cl)c1-c1ccc([N+](=O)[O-])cc1. The predicted octanol–water partition coefficient (Wildman–Crippen LogP) is 2.36. The van der Waals surface area contributed by atoms with E-state index in [9.17, 15) is 19.3 Å². The van der Waals surface area contributed by atoms with Crippen LogP contribution in [0.3, 0.4) is 0 Å². The highest BCUT2D eigenvalue weighted by molar-refractivity contribution is 6.33. The van der Waals surface area contributed by atoms with Crippen LogP contribution in [0.1, 0.15) is 16.1 Å². The number of hydrogen-bond acceptors (Lipinski definition) is 10. The summed E-state index contributed by atoms with van der Waals surface area (Å²) in [4.78, 5) is 23.2. The summed E-state index contributed by atoms with van der Waals surface area (Å²) < 4.78 is 19.5. The highest BCUT2D eigenvalue weighted by Gasteiger charge is 2.25. The number of nitro groups is 1. The second-order valence-electron chi connectivity index (χ2n) is 6.31. The Morgan fingerprint density at radius 3 is 2.67 bits per heavy atom. The standard InChI is InChI=1S/C18H11ClFN9O4/c19-12-2-1-3-13(20)11(12)8-22-24-18(30)14-15(9-4-6-10(7-5-9)29(31)32)28(27-23-14)17-16(21)25-33-26-17/h1-8H,(H2,21,25)(H,24,30)/b22-8-. The lowest BCUT2D eigenvalue weighted by atomic mass is 10.1. The Labute approximate surface area is 187 Å². The van der Waals surface area contributed by atoms with Gasteiger partial charge in [0.15, 0.2) is 5.69 Å². The second kappa shape index (κ2) is 8.80. The molecular formula is C18H11ClFN9O4. The topological polar surface area (TPSA) is 180 Å². The first-order valence-electron chi connectivity index (χ1n) is 8.93. The molecule has 4 aromatic rings. The molecule has 0 aliphatic heterocycles. The molecule has 0 aliphatic rings. The van der Waals surface area contributed by atoms with Gasteiger partial charge in [0.25, 0.3) is 11.6 Å². The largest absolute Gasteiger partial charge is 0.378 e. The van der Waals surface area contributed by atoms with Crippen LogP contribution in [0.15, 0.2) is 52.2 Å². The number of amides is 1. The summed E-state index contributed by atoms with van der Waals surface area (Å²) in [6.45, 7) is 0. The van der Waals surface area contributed by atoms with E-state index < -0.39 is 16.6 Å². The highest BCUT2D eigenvalue weighted by Crippen LogP contribution is 2.28. The molecule has 0 atom stereocenters. The third kappa shape index (κ3) is 4.22. The number of nitrogens with zero attached hydrogens (tertiary/aromatic N) is 7. The van der Waals surface area contributed by atoms with Crippen molar-refractivity contribution in [3.8, 4) is 17.1 Å². The number of nitrogen functional groups attached to an aromatic ring is 1. The monoisotopic (exact) mass is 471 g/mol. The lowest BCUT2D eigenvalue weighted by Crippen LogP contribution is -2.19. The van der Waals surface area contributed by atoms with Crippen LogP contribution in [0, 0.1) is 15.9 Å². The number of benzene rings is 2. The van der Waals surface area contributed by atoms with Gasteiger partial charge in [-0.2, -0.15) is 9.78 Å². The molecule has 3 N–H and O–H groups in total. The molecular weight excluding hydrogens is 461 g/mol. The molecule has 2 aromatic heterocycles. The first kappa shape index (κ1) is 21.5. The Hall–Kier alpha value is -4.72. The summed E-state index contributed by atoms with van der Waals surface area (Å²) in [5.41, 5.74) is 7.89. The zero-order valence-corrected chi connectivity index (χ0v) is 17.0. The van der Waals surface area contributed by atoms with Gasteiger partial charge in [-0.05, 0) is 34.6 Å². The summed E-state index contributed by atoms with van der Waals surface area (Å²) in [6, 6.07) is 9.31. The number of nitrogens with one attached hydrogen (secondary N) is 1. The molecule has 0 spiro atoms. The van der Waals surface area contributed by atoms with Crippen molar-refractivity contribution in [1.29, 1.82) is 0 Å². The third-order valence-electron chi connectivity index (χ3n) is 4.29. The Morgan fingerprint density at radius 1 is 1.27 bits per heavy atom. The molecule has 0 saturated carbocycles. The molecule has 2 aromatic carbocycles. The van der Waals surface area contributed by atoms with Gasteiger partial charge >= 0.3 is 0 Å². The van der Waals surface area contributed by atoms with Crippen LogP contribution < -0.4 is 11.2 Å². The van der Waals surface area contributed by atoms with Crippen molar-refractivity contribution in [2.45, 2.75) is 0 Å². The normalized spacial score (nSPS) is 11.1. The minimum atomic E-state index is -0.826. The smallest absolute Gasteiger partial charge is 0.294 e. The number of halogens is 2. The van der Waals surface area contributed by atoms with Crippen molar-refractivity contribution >= 4 is 35.2 Å². The van der Waals surface area contributed by atoms with Crippen molar-refractivity contribution in [2.24, 2.45) is 5.10 Å². The average molecular weight is 472 g/mol.